The summed E-state index contributed by atoms with van der Waals surface area (Å²) in [6.45, 7) is 2.14. The third kappa shape index (κ3) is 5.42. The second-order valence-corrected chi connectivity index (χ2v) is 9.80. The first-order valence-electron chi connectivity index (χ1n) is 11.5. The summed E-state index contributed by atoms with van der Waals surface area (Å²) in [5.41, 5.74) is 1.53. The number of carboxylic acids is 1. The molecule has 11 heteroatoms. The average Bonchev–Trinajstić information content (AvgIpc) is 2.82. The lowest BCUT2D eigenvalue weighted by molar-refractivity contribution is -0.172. The second-order valence-electron chi connectivity index (χ2n) is 8.95. The summed E-state index contributed by atoms with van der Waals surface area (Å²) < 4.78 is 0. The highest BCUT2D eigenvalue weighted by molar-refractivity contribution is 6.35. The number of hydrogen-bond acceptors (Lipinski definition) is 4. The molecule has 1 unspecified atom stereocenters. The number of nitrogens with zero attached hydrogens (tertiary/aromatic N) is 3. The molecular weight excluding hydrogens is 507 g/mol. The predicted octanol–water partition coefficient (Wildman–Crippen LogP) is 3.34. The summed E-state index contributed by atoms with van der Waals surface area (Å²) in [5.74, 6) is -2.08. The third-order valence-electron chi connectivity index (χ3n) is 6.46. The van der Waals surface area contributed by atoms with Crippen molar-refractivity contribution in [2.24, 2.45) is 0 Å². The molecular formula is C25H26Cl2N4O5. The van der Waals surface area contributed by atoms with Gasteiger partial charge in [0.2, 0.25) is 11.8 Å². The van der Waals surface area contributed by atoms with Crippen molar-refractivity contribution in [3.05, 3.63) is 69.7 Å². The van der Waals surface area contributed by atoms with Crippen molar-refractivity contribution >= 4 is 47.0 Å². The number of halogens is 2. The van der Waals surface area contributed by atoms with E-state index in [0.29, 0.717) is 15.6 Å². The van der Waals surface area contributed by atoms with Gasteiger partial charge in [-0.05, 0) is 30.2 Å². The number of carbonyl (C=O) groups excluding carboxylic acids is 3. The van der Waals surface area contributed by atoms with Gasteiger partial charge in [0.15, 0.2) is 0 Å². The smallest absolute Gasteiger partial charge is 0.319 e. The predicted molar refractivity (Wildman–Crippen MR) is 133 cm³/mol. The zero-order valence-corrected chi connectivity index (χ0v) is 21.1. The molecule has 0 aromatic heterocycles. The number of carboxylic acid groups (broad SMARTS) is 1. The highest BCUT2D eigenvalue weighted by atomic mass is 35.5. The van der Waals surface area contributed by atoms with Crippen LogP contribution in [0.5, 0.6) is 0 Å². The highest BCUT2D eigenvalue weighted by Gasteiger charge is 2.51. The van der Waals surface area contributed by atoms with Crippen LogP contribution in [0.15, 0.2) is 48.5 Å². The topological polar surface area (TPSA) is 110 Å². The van der Waals surface area contributed by atoms with E-state index in [-0.39, 0.29) is 32.0 Å². The summed E-state index contributed by atoms with van der Waals surface area (Å²) in [5, 5.41) is 13.2. The Hall–Kier alpha value is -3.30. The van der Waals surface area contributed by atoms with Crippen LogP contribution >= 0.6 is 23.2 Å². The molecule has 0 radical (unpaired) electrons. The molecule has 2 fully saturated rings. The third-order valence-corrected chi connectivity index (χ3v) is 7.04. The lowest BCUT2D eigenvalue weighted by Crippen LogP contribution is -2.73. The van der Waals surface area contributed by atoms with Crippen LogP contribution in [0.2, 0.25) is 10.0 Å². The van der Waals surface area contributed by atoms with Gasteiger partial charge in [0.05, 0.1) is 13.0 Å². The van der Waals surface area contributed by atoms with Crippen LogP contribution in [-0.2, 0) is 27.5 Å². The number of hydrogen-bond donors (Lipinski definition) is 2. The average molecular weight is 533 g/mol. The van der Waals surface area contributed by atoms with Crippen LogP contribution in [-0.4, -0.2) is 68.4 Å². The highest BCUT2D eigenvalue weighted by Crippen LogP contribution is 2.32. The van der Waals surface area contributed by atoms with Crippen LogP contribution < -0.4 is 5.32 Å². The number of benzene rings is 2. The Balaban J connectivity index is 1.63. The van der Waals surface area contributed by atoms with E-state index in [1.807, 2.05) is 30.3 Å². The normalized spacial score (nSPS) is 21.9. The SMILES string of the molecule is CC1CC(=O)N2[C@H](CN(Cc3ccc(Cl)cc3Cl)C(=O)[C@@H]2CC(=O)O)N1C(=O)NCc1ccccc1. The monoisotopic (exact) mass is 532 g/mol. The maximum atomic E-state index is 13.4. The molecule has 4 amide bonds. The number of fused-ring (bicyclic) bond motifs is 1. The molecule has 2 aromatic rings. The van der Waals surface area contributed by atoms with Gasteiger partial charge in [-0.1, -0.05) is 59.6 Å². The number of urea groups is 1. The van der Waals surface area contributed by atoms with Crippen LogP contribution in [0.1, 0.15) is 30.9 Å². The summed E-state index contributed by atoms with van der Waals surface area (Å²) in [6, 6.07) is 12.2. The standard InChI is InChI=1S/C25H26Cl2N4O5/c1-15-9-22(32)31-20(11-23(33)34)24(35)29(13-17-7-8-18(26)10-19(17)27)14-21(31)30(15)25(36)28-12-16-5-3-2-4-6-16/h2-8,10,15,20-21H,9,11-14H2,1H3,(H,28,36)(H,33,34)/t15?,20-,21+/m0/s1. The molecule has 4 rings (SSSR count). The molecule has 0 saturated carbocycles. The Kier molecular flexibility index (Phi) is 7.70. The summed E-state index contributed by atoms with van der Waals surface area (Å²) in [7, 11) is 0. The fourth-order valence-corrected chi connectivity index (χ4v) is 5.24. The van der Waals surface area contributed by atoms with E-state index in [0.717, 1.165) is 5.56 Å². The molecule has 36 heavy (non-hydrogen) atoms. The van der Waals surface area contributed by atoms with Gasteiger partial charge in [0.25, 0.3) is 0 Å². The molecule has 2 N–H and O–H groups in total. The van der Waals surface area contributed by atoms with Gasteiger partial charge in [0, 0.05) is 35.6 Å². The Labute approximate surface area is 218 Å². The van der Waals surface area contributed by atoms with Gasteiger partial charge in [-0.25, -0.2) is 4.79 Å². The van der Waals surface area contributed by atoms with Crippen molar-refractivity contribution < 1.29 is 24.3 Å². The van der Waals surface area contributed by atoms with Crippen molar-refractivity contribution in [2.75, 3.05) is 6.54 Å². The van der Waals surface area contributed by atoms with Gasteiger partial charge in [0.1, 0.15) is 12.2 Å². The van der Waals surface area contributed by atoms with Gasteiger partial charge in [-0.2, -0.15) is 0 Å². The fourth-order valence-electron chi connectivity index (χ4n) is 4.77. The fraction of sp³-hybridized carbons (Fsp3) is 0.360. The number of nitrogens with one attached hydrogen (secondary N) is 1. The maximum absolute atomic E-state index is 13.4. The Morgan fingerprint density at radius 1 is 1.11 bits per heavy atom. The van der Waals surface area contributed by atoms with Crippen LogP contribution in [0.3, 0.4) is 0 Å². The van der Waals surface area contributed by atoms with E-state index in [1.54, 1.807) is 25.1 Å². The van der Waals surface area contributed by atoms with E-state index in [9.17, 15) is 24.3 Å². The minimum absolute atomic E-state index is 0.0122. The molecule has 2 aliphatic rings. The summed E-state index contributed by atoms with van der Waals surface area (Å²) in [6.07, 6.45) is -1.41. The minimum Gasteiger partial charge on any atom is -0.481 e. The molecule has 3 atom stereocenters. The van der Waals surface area contributed by atoms with E-state index in [2.05, 4.69) is 5.32 Å². The molecule has 0 bridgehead atoms. The quantitative estimate of drug-likeness (QED) is 0.592. The van der Waals surface area contributed by atoms with E-state index < -0.39 is 42.6 Å². The van der Waals surface area contributed by atoms with Crippen molar-refractivity contribution in [1.29, 1.82) is 0 Å². The lowest BCUT2D eigenvalue weighted by atomic mass is 9.98. The second kappa shape index (κ2) is 10.8. The maximum Gasteiger partial charge on any atom is 0.319 e. The largest absolute Gasteiger partial charge is 0.481 e. The Morgan fingerprint density at radius 2 is 1.83 bits per heavy atom. The molecule has 0 aliphatic carbocycles. The van der Waals surface area contributed by atoms with Crippen molar-refractivity contribution in [3.8, 4) is 0 Å². The first-order chi connectivity index (χ1) is 17.2. The van der Waals surface area contributed by atoms with E-state index in [1.165, 1.54) is 14.7 Å². The van der Waals surface area contributed by atoms with Gasteiger partial charge in [-0.15, -0.1) is 0 Å². The molecule has 190 valence electrons. The summed E-state index contributed by atoms with van der Waals surface area (Å²) >= 11 is 12.3. The molecule has 2 aromatic carbocycles. The molecule has 2 aliphatic heterocycles. The van der Waals surface area contributed by atoms with Crippen LogP contribution in [0.25, 0.3) is 0 Å². The van der Waals surface area contributed by atoms with Crippen molar-refractivity contribution in [2.45, 2.75) is 51.1 Å². The Bertz CT molecular complexity index is 1180. The van der Waals surface area contributed by atoms with Gasteiger partial charge < -0.3 is 20.2 Å². The molecule has 9 nitrogen and oxygen atoms in total. The zero-order chi connectivity index (χ0) is 26.0. The Morgan fingerprint density at radius 3 is 2.50 bits per heavy atom. The summed E-state index contributed by atoms with van der Waals surface area (Å²) in [4.78, 5) is 55.7. The van der Waals surface area contributed by atoms with Crippen molar-refractivity contribution in [3.63, 3.8) is 0 Å². The van der Waals surface area contributed by atoms with E-state index >= 15 is 0 Å². The number of amides is 4. The van der Waals surface area contributed by atoms with Gasteiger partial charge >= 0.3 is 12.0 Å². The van der Waals surface area contributed by atoms with Crippen LogP contribution in [0.4, 0.5) is 4.79 Å². The van der Waals surface area contributed by atoms with Crippen LogP contribution in [0, 0.1) is 0 Å². The van der Waals surface area contributed by atoms with E-state index in [4.69, 9.17) is 23.2 Å². The van der Waals surface area contributed by atoms with Gasteiger partial charge in [-0.3, -0.25) is 19.3 Å². The number of aliphatic carboxylic acids is 1. The number of carbonyl (C=O) groups is 4. The number of piperazine rings is 1. The van der Waals surface area contributed by atoms with Crippen molar-refractivity contribution in [1.82, 2.24) is 20.0 Å². The molecule has 2 heterocycles. The molecule has 0 spiro atoms. The first kappa shape index (κ1) is 25.8. The zero-order valence-electron chi connectivity index (χ0n) is 19.6. The first-order valence-corrected chi connectivity index (χ1v) is 12.3. The molecule has 2 saturated heterocycles. The number of rotatable bonds is 6. The minimum atomic E-state index is -1.24. The lowest BCUT2D eigenvalue weighted by Gasteiger charge is -2.53.